The Balaban J connectivity index is 1.49. The lowest BCUT2D eigenvalue weighted by Gasteiger charge is -2.34. The summed E-state index contributed by atoms with van der Waals surface area (Å²) >= 11 is 1.26. The first-order chi connectivity index (χ1) is 18.0. The van der Waals surface area contributed by atoms with E-state index in [9.17, 15) is 4.79 Å². The van der Waals surface area contributed by atoms with Gasteiger partial charge in [-0.2, -0.15) is 0 Å². The highest BCUT2D eigenvalue weighted by Crippen LogP contribution is 2.28. The van der Waals surface area contributed by atoms with Crippen LogP contribution in [0.5, 0.6) is 0 Å². The molecule has 0 bridgehead atoms. The van der Waals surface area contributed by atoms with Gasteiger partial charge in [-0.1, -0.05) is 0 Å². The highest BCUT2D eigenvalue weighted by Gasteiger charge is 2.26. The summed E-state index contributed by atoms with van der Waals surface area (Å²) in [7, 11) is 1.69. The van der Waals surface area contributed by atoms with Crippen LogP contribution in [-0.4, -0.2) is 62.3 Å². The van der Waals surface area contributed by atoms with Crippen molar-refractivity contribution >= 4 is 28.5 Å². The van der Waals surface area contributed by atoms with Gasteiger partial charge in [0.15, 0.2) is 0 Å². The van der Waals surface area contributed by atoms with E-state index < -0.39 is 0 Å². The minimum Gasteiger partial charge on any atom is -0.382 e. The van der Waals surface area contributed by atoms with Gasteiger partial charge in [-0.05, 0) is 85.7 Å². The quantitative estimate of drug-likeness (QED) is 0.447. The summed E-state index contributed by atoms with van der Waals surface area (Å²) in [5.41, 5.74) is 5.46. The number of aromatic nitrogens is 2. The molecule has 0 aliphatic carbocycles. The van der Waals surface area contributed by atoms with Gasteiger partial charge in [0.25, 0.3) is 5.56 Å². The third kappa shape index (κ3) is 5.56. The van der Waals surface area contributed by atoms with Gasteiger partial charge in [0.2, 0.25) is 0 Å². The molecule has 2 fully saturated rings. The zero-order chi connectivity index (χ0) is 25.9. The Hall–Kier alpha value is -2.43. The SMILES string of the molecule is COCC1CN(c2ccc3c(=O)n(CCc4c(C)cc(SN)cc4C)c(C4CCOC4)nc3c2)CCO1. The Bertz CT molecular complexity index is 1300. The number of morpholine rings is 1. The Labute approximate surface area is 222 Å². The van der Waals surface area contributed by atoms with E-state index in [1.165, 1.54) is 28.6 Å². The van der Waals surface area contributed by atoms with Crippen molar-refractivity contribution in [3.8, 4) is 0 Å². The molecule has 9 heteroatoms. The molecule has 8 nitrogen and oxygen atoms in total. The van der Waals surface area contributed by atoms with Crippen molar-refractivity contribution in [1.82, 2.24) is 9.55 Å². The summed E-state index contributed by atoms with van der Waals surface area (Å²) in [6.07, 6.45) is 1.67. The highest BCUT2D eigenvalue weighted by atomic mass is 32.2. The Morgan fingerprint density at radius 3 is 2.70 bits per heavy atom. The average Bonchev–Trinajstić information content (AvgIpc) is 3.44. The van der Waals surface area contributed by atoms with Gasteiger partial charge in [-0.15, -0.1) is 0 Å². The number of hydrogen-bond acceptors (Lipinski definition) is 8. The number of rotatable bonds is 8. The largest absolute Gasteiger partial charge is 0.382 e. The number of nitrogens with zero attached hydrogens (tertiary/aromatic N) is 3. The number of nitrogens with two attached hydrogens (primary N) is 1. The number of benzene rings is 2. The molecule has 1 aromatic heterocycles. The van der Waals surface area contributed by atoms with Gasteiger partial charge in [-0.25, -0.2) is 4.98 Å². The van der Waals surface area contributed by atoms with Crippen LogP contribution in [0.25, 0.3) is 10.9 Å². The van der Waals surface area contributed by atoms with Crippen molar-refractivity contribution in [2.24, 2.45) is 5.14 Å². The molecule has 0 radical (unpaired) electrons. The summed E-state index contributed by atoms with van der Waals surface area (Å²) < 4.78 is 18.7. The topological polar surface area (TPSA) is 91.8 Å². The number of methoxy groups -OCH3 is 1. The third-order valence-corrected chi connectivity index (χ3v) is 8.02. The molecule has 2 unspecified atom stereocenters. The fraction of sp³-hybridized carbons (Fsp3) is 0.500. The molecule has 2 saturated heterocycles. The molecule has 2 aliphatic heterocycles. The molecule has 2 N–H and O–H groups in total. The van der Waals surface area contributed by atoms with Crippen LogP contribution in [0.15, 0.2) is 40.0 Å². The molecule has 3 heterocycles. The summed E-state index contributed by atoms with van der Waals surface area (Å²) in [6.45, 7) is 8.85. The Kier molecular flexibility index (Phi) is 8.16. The first-order valence-electron chi connectivity index (χ1n) is 12.9. The van der Waals surface area contributed by atoms with Gasteiger partial charge in [-0.3, -0.25) is 14.5 Å². The van der Waals surface area contributed by atoms with Crippen LogP contribution in [0, 0.1) is 13.8 Å². The number of hydrogen-bond donors (Lipinski definition) is 1. The van der Waals surface area contributed by atoms with Crippen LogP contribution in [0.4, 0.5) is 5.69 Å². The van der Waals surface area contributed by atoms with Gasteiger partial charge in [0.1, 0.15) is 5.82 Å². The fourth-order valence-electron chi connectivity index (χ4n) is 5.57. The van der Waals surface area contributed by atoms with Crippen molar-refractivity contribution in [2.45, 2.75) is 50.2 Å². The molecular formula is C28H36N4O4S. The smallest absolute Gasteiger partial charge is 0.261 e. The molecule has 2 aromatic carbocycles. The standard InChI is InChI=1S/C28H36N4O4S/c1-18-12-23(37-29)13-19(2)24(18)6-8-32-27(20-7-10-35-16-20)30-26-14-21(4-5-25(26)28(32)33)31-9-11-36-22(15-31)17-34-3/h4-5,12-14,20,22H,6-11,15-17,29H2,1-3H3. The molecule has 0 saturated carbocycles. The molecule has 198 valence electrons. The average molecular weight is 525 g/mol. The number of fused-ring (bicyclic) bond motifs is 1. The second kappa shape index (κ2) is 11.5. The summed E-state index contributed by atoms with van der Waals surface area (Å²) in [5, 5.41) is 6.43. The van der Waals surface area contributed by atoms with Crippen LogP contribution in [0.2, 0.25) is 0 Å². The normalized spacial score (nSPS) is 20.2. The number of anilines is 1. The fourth-order valence-corrected chi connectivity index (χ4v) is 6.06. The maximum Gasteiger partial charge on any atom is 0.261 e. The van der Waals surface area contributed by atoms with Crippen molar-refractivity contribution in [3.05, 3.63) is 63.2 Å². The van der Waals surface area contributed by atoms with Crippen molar-refractivity contribution in [1.29, 1.82) is 0 Å². The van der Waals surface area contributed by atoms with Crippen LogP contribution in [0.3, 0.4) is 0 Å². The molecule has 5 rings (SSSR count). The van der Waals surface area contributed by atoms with Gasteiger partial charge >= 0.3 is 0 Å². The van der Waals surface area contributed by atoms with Gasteiger partial charge in [0, 0.05) is 49.9 Å². The monoisotopic (exact) mass is 524 g/mol. The third-order valence-electron chi connectivity index (χ3n) is 7.51. The maximum absolute atomic E-state index is 13.8. The van der Waals surface area contributed by atoms with Gasteiger partial charge < -0.3 is 19.1 Å². The molecule has 0 spiro atoms. The Morgan fingerprint density at radius 2 is 2.00 bits per heavy atom. The van der Waals surface area contributed by atoms with E-state index in [2.05, 4.69) is 30.9 Å². The van der Waals surface area contributed by atoms with E-state index in [4.69, 9.17) is 24.3 Å². The maximum atomic E-state index is 13.8. The zero-order valence-electron chi connectivity index (χ0n) is 21.9. The minimum atomic E-state index is 0.0159. The predicted molar refractivity (Wildman–Crippen MR) is 148 cm³/mol. The number of ether oxygens (including phenoxy) is 3. The summed E-state index contributed by atoms with van der Waals surface area (Å²) in [6, 6.07) is 10.2. The van der Waals surface area contributed by atoms with E-state index in [0.29, 0.717) is 38.4 Å². The predicted octanol–water partition coefficient (Wildman–Crippen LogP) is 3.58. The molecule has 3 aromatic rings. The lowest BCUT2D eigenvalue weighted by Crippen LogP contribution is -2.44. The van der Waals surface area contributed by atoms with Crippen LogP contribution < -0.4 is 15.6 Å². The van der Waals surface area contributed by atoms with E-state index >= 15 is 0 Å². The molecule has 0 amide bonds. The minimum absolute atomic E-state index is 0.0159. The number of aryl methyl sites for hydroxylation is 2. The lowest BCUT2D eigenvalue weighted by atomic mass is 9.99. The first-order valence-corrected chi connectivity index (χ1v) is 13.8. The van der Waals surface area contributed by atoms with Crippen molar-refractivity contribution in [2.75, 3.05) is 51.5 Å². The molecular weight excluding hydrogens is 488 g/mol. The second-order valence-electron chi connectivity index (χ2n) is 9.99. The van der Waals surface area contributed by atoms with Crippen LogP contribution >= 0.6 is 11.9 Å². The molecule has 2 atom stereocenters. The van der Waals surface area contributed by atoms with Crippen LogP contribution in [-0.2, 0) is 27.2 Å². The van der Waals surface area contributed by atoms with Crippen molar-refractivity contribution in [3.63, 3.8) is 0 Å². The summed E-state index contributed by atoms with van der Waals surface area (Å²) in [5.74, 6) is 0.948. The molecule has 37 heavy (non-hydrogen) atoms. The van der Waals surface area contributed by atoms with E-state index in [1.807, 2.05) is 22.8 Å². The van der Waals surface area contributed by atoms with E-state index in [-0.39, 0.29) is 17.6 Å². The highest BCUT2D eigenvalue weighted by molar-refractivity contribution is 7.97. The second-order valence-corrected chi connectivity index (χ2v) is 10.7. The van der Waals surface area contributed by atoms with Crippen molar-refractivity contribution < 1.29 is 14.2 Å². The lowest BCUT2D eigenvalue weighted by molar-refractivity contribution is -0.0100. The van der Waals surface area contributed by atoms with E-state index in [0.717, 1.165) is 47.9 Å². The van der Waals surface area contributed by atoms with Gasteiger partial charge in [0.05, 0.1) is 36.8 Å². The zero-order valence-corrected chi connectivity index (χ0v) is 22.7. The Morgan fingerprint density at radius 1 is 1.19 bits per heavy atom. The van der Waals surface area contributed by atoms with E-state index in [1.54, 1.807) is 7.11 Å². The first kappa shape index (κ1) is 26.2. The summed E-state index contributed by atoms with van der Waals surface area (Å²) in [4.78, 5) is 22.3. The van der Waals surface area contributed by atoms with Crippen LogP contribution in [0.1, 0.15) is 34.9 Å². The molecule has 2 aliphatic rings.